The molecule has 2 saturated heterocycles. The molecule has 0 N–H and O–H groups in total. The second-order valence-corrected chi connectivity index (χ2v) is 9.20. The molecule has 3 aliphatic rings. The average Bonchev–Trinajstić information content (AvgIpc) is 3.19. The summed E-state index contributed by atoms with van der Waals surface area (Å²) in [5.74, 6) is 0.297. The predicted molar refractivity (Wildman–Crippen MR) is 122 cm³/mol. The Labute approximate surface area is 191 Å². The lowest BCUT2D eigenvalue weighted by Crippen LogP contribution is -2.46. The maximum atomic E-state index is 14.0. The number of carbonyl (C=O) groups is 2. The summed E-state index contributed by atoms with van der Waals surface area (Å²) < 4.78 is 6.12. The zero-order chi connectivity index (χ0) is 22.0. The van der Waals surface area contributed by atoms with Crippen molar-refractivity contribution in [2.24, 2.45) is 5.92 Å². The van der Waals surface area contributed by atoms with E-state index in [-0.39, 0.29) is 29.8 Å². The molecule has 3 aromatic rings. The van der Waals surface area contributed by atoms with Crippen molar-refractivity contribution in [1.82, 2.24) is 4.90 Å². The first-order chi connectivity index (χ1) is 15.5. The van der Waals surface area contributed by atoms with Gasteiger partial charge in [0, 0.05) is 22.4 Å². The fraction of sp³-hybridized carbons (Fsp3) is 0.231. The summed E-state index contributed by atoms with van der Waals surface area (Å²) in [5.41, 5.74) is 1.43. The third-order valence-corrected chi connectivity index (χ3v) is 7.38. The number of hydrogen-bond acceptors (Lipinski definition) is 3. The highest BCUT2D eigenvalue weighted by atomic mass is 35.5. The number of rotatable bonds is 2. The number of fused-ring (bicyclic) bond motifs is 5. The van der Waals surface area contributed by atoms with Crippen molar-refractivity contribution in [3.05, 3.63) is 95.0 Å². The normalized spacial score (nSPS) is 28.2. The Hall–Kier alpha value is -3.31. The first kappa shape index (κ1) is 19.4. The van der Waals surface area contributed by atoms with E-state index in [0.29, 0.717) is 17.3 Å². The van der Waals surface area contributed by atoms with E-state index in [9.17, 15) is 9.59 Å². The van der Waals surface area contributed by atoms with E-state index in [1.807, 2.05) is 61.5 Å². The van der Waals surface area contributed by atoms with E-state index in [2.05, 4.69) is 0 Å². The standard InChI is InChI=1S/C26H21ClN2O3/c1-26-22(16-8-3-2-4-9-16)20-15-32-21-13-6-5-12-19(21)23(20)29(26)25(31)28(24(26)30)18-11-7-10-17(27)14-18/h2-14,20,22-23H,15H2,1H3/t20?,22?,23?,26-/m1/s1. The van der Waals surface area contributed by atoms with Gasteiger partial charge in [-0.2, -0.15) is 0 Å². The van der Waals surface area contributed by atoms with Crippen molar-refractivity contribution < 1.29 is 14.3 Å². The quantitative estimate of drug-likeness (QED) is 0.496. The van der Waals surface area contributed by atoms with Gasteiger partial charge in [-0.3, -0.25) is 4.79 Å². The molecule has 3 aliphatic heterocycles. The van der Waals surface area contributed by atoms with Gasteiger partial charge in [-0.1, -0.05) is 66.2 Å². The highest BCUT2D eigenvalue weighted by Gasteiger charge is 2.70. The second kappa shape index (κ2) is 6.84. The van der Waals surface area contributed by atoms with Crippen LogP contribution in [0.5, 0.6) is 5.75 Å². The SMILES string of the molecule is C[C@@]12C(=O)N(c3cccc(Cl)c3)C(=O)N1C1c3ccccc3OCC1C2c1ccccc1. The Morgan fingerprint density at radius 2 is 1.72 bits per heavy atom. The van der Waals surface area contributed by atoms with E-state index in [0.717, 1.165) is 16.9 Å². The minimum absolute atomic E-state index is 0.0355. The molecule has 0 radical (unpaired) electrons. The van der Waals surface area contributed by atoms with Crippen molar-refractivity contribution in [2.45, 2.75) is 24.4 Å². The smallest absolute Gasteiger partial charge is 0.332 e. The number of halogens is 1. The molecule has 160 valence electrons. The number of hydrogen-bond donors (Lipinski definition) is 0. The first-order valence-corrected chi connectivity index (χ1v) is 11.1. The lowest BCUT2D eigenvalue weighted by molar-refractivity contribution is -0.124. The van der Waals surface area contributed by atoms with Crippen molar-refractivity contribution in [1.29, 1.82) is 0 Å². The molecule has 0 saturated carbocycles. The van der Waals surface area contributed by atoms with Crippen molar-refractivity contribution in [3.8, 4) is 5.75 Å². The molecule has 3 aromatic carbocycles. The van der Waals surface area contributed by atoms with E-state index in [1.54, 1.807) is 29.2 Å². The fourth-order valence-electron chi connectivity index (χ4n) is 5.88. The van der Waals surface area contributed by atoms with Gasteiger partial charge >= 0.3 is 6.03 Å². The van der Waals surface area contributed by atoms with Gasteiger partial charge in [0.1, 0.15) is 11.3 Å². The lowest BCUT2D eigenvalue weighted by Gasteiger charge is -2.34. The zero-order valence-corrected chi connectivity index (χ0v) is 18.2. The van der Waals surface area contributed by atoms with Crippen LogP contribution >= 0.6 is 11.6 Å². The van der Waals surface area contributed by atoms with Gasteiger partial charge in [-0.15, -0.1) is 0 Å². The monoisotopic (exact) mass is 444 g/mol. The molecule has 0 aromatic heterocycles. The van der Waals surface area contributed by atoms with Gasteiger partial charge < -0.3 is 9.64 Å². The van der Waals surface area contributed by atoms with Crippen LogP contribution in [0.2, 0.25) is 5.02 Å². The molecule has 0 aliphatic carbocycles. The molecule has 3 heterocycles. The van der Waals surface area contributed by atoms with Crippen LogP contribution in [0.4, 0.5) is 10.5 Å². The summed E-state index contributed by atoms with van der Waals surface area (Å²) in [4.78, 5) is 31.0. The van der Waals surface area contributed by atoms with Crippen LogP contribution < -0.4 is 9.64 Å². The third kappa shape index (κ3) is 2.46. The maximum Gasteiger partial charge on any atom is 0.332 e. The second-order valence-electron chi connectivity index (χ2n) is 8.77. The van der Waals surface area contributed by atoms with Crippen LogP contribution in [0, 0.1) is 5.92 Å². The van der Waals surface area contributed by atoms with Crippen LogP contribution in [-0.4, -0.2) is 29.0 Å². The Kier molecular flexibility index (Phi) is 4.14. The van der Waals surface area contributed by atoms with Crippen LogP contribution in [0.15, 0.2) is 78.9 Å². The Morgan fingerprint density at radius 3 is 2.50 bits per heavy atom. The minimum Gasteiger partial charge on any atom is -0.493 e. The number of benzene rings is 3. The topological polar surface area (TPSA) is 49.9 Å². The van der Waals surface area contributed by atoms with Crippen molar-refractivity contribution in [3.63, 3.8) is 0 Å². The fourth-order valence-corrected chi connectivity index (χ4v) is 6.06. The highest BCUT2D eigenvalue weighted by molar-refractivity contribution is 6.31. The van der Waals surface area contributed by atoms with Crippen LogP contribution in [0.25, 0.3) is 0 Å². The summed E-state index contributed by atoms with van der Waals surface area (Å²) in [6.07, 6.45) is 0. The van der Waals surface area contributed by atoms with Gasteiger partial charge in [0.2, 0.25) is 0 Å². The number of anilines is 1. The molecule has 4 atom stereocenters. The number of carbonyl (C=O) groups excluding carboxylic acids is 2. The summed E-state index contributed by atoms with van der Waals surface area (Å²) in [7, 11) is 0. The van der Waals surface area contributed by atoms with Gasteiger partial charge in [0.25, 0.3) is 5.91 Å². The number of imide groups is 1. The molecule has 6 rings (SSSR count). The third-order valence-electron chi connectivity index (χ3n) is 7.15. The Morgan fingerprint density at radius 1 is 0.969 bits per heavy atom. The minimum atomic E-state index is -1.04. The average molecular weight is 445 g/mol. The van der Waals surface area contributed by atoms with E-state index in [4.69, 9.17) is 16.3 Å². The number of para-hydroxylation sites is 1. The molecule has 6 heteroatoms. The summed E-state index contributed by atoms with van der Waals surface area (Å²) in [6.45, 7) is 2.35. The molecule has 0 bridgehead atoms. The number of amides is 3. The molecule has 3 amide bonds. The van der Waals surface area contributed by atoms with Crippen LogP contribution in [0.1, 0.15) is 30.0 Å². The lowest BCUT2D eigenvalue weighted by atomic mass is 9.73. The number of ether oxygens (including phenoxy) is 1. The largest absolute Gasteiger partial charge is 0.493 e. The van der Waals surface area contributed by atoms with Crippen LogP contribution in [0.3, 0.4) is 0 Å². The molecule has 32 heavy (non-hydrogen) atoms. The zero-order valence-electron chi connectivity index (χ0n) is 17.4. The maximum absolute atomic E-state index is 14.0. The Bertz CT molecular complexity index is 1250. The highest BCUT2D eigenvalue weighted by Crippen LogP contribution is 2.61. The van der Waals surface area contributed by atoms with Gasteiger partial charge in [-0.05, 0) is 36.8 Å². The number of urea groups is 1. The molecule has 2 fully saturated rings. The molecule has 3 unspecified atom stereocenters. The van der Waals surface area contributed by atoms with Crippen molar-refractivity contribution in [2.75, 3.05) is 11.5 Å². The summed E-state index contributed by atoms with van der Waals surface area (Å²) in [6, 6.07) is 24.1. The van der Waals surface area contributed by atoms with Gasteiger partial charge in [0.15, 0.2) is 0 Å². The van der Waals surface area contributed by atoms with Crippen LogP contribution in [-0.2, 0) is 4.79 Å². The molecular weight excluding hydrogens is 424 g/mol. The Balaban J connectivity index is 1.57. The van der Waals surface area contributed by atoms with E-state index < -0.39 is 5.54 Å². The summed E-state index contributed by atoms with van der Waals surface area (Å²) >= 11 is 6.20. The van der Waals surface area contributed by atoms with E-state index >= 15 is 0 Å². The van der Waals surface area contributed by atoms with Crippen molar-refractivity contribution >= 4 is 29.2 Å². The summed E-state index contributed by atoms with van der Waals surface area (Å²) in [5, 5.41) is 0.481. The number of nitrogens with zero attached hydrogens (tertiary/aromatic N) is 2. The molecular formula is C26H21ClN2O3. The van der Waals surface area contributed by atoms with E-state index in [1.165, 1.54) is 4.90 Å². The van der Waals surface area contributed by atoms with Gasteiger partial charge in [0.05, 0.1) is 18.3 Å². The first-order valence-electron chi connectivity index (χ1n) is 10.7. The molecule has 0 spiro atoms. The molecule has 5 nitrogen and oxygen atoms in total. The van der Waals surface area contributed by atoms with Gasteiger partial charge in [-0.25, -0.2) is 9.69 Å². The predicted octanol–water partition coefficient (Wildman–Crippen LogP) is 5.41.